The molecule has 28 heavy (non-hydrogen) atoms. The summed E-state index contributed by atoms with van der Waals surface area (Å²) in [5.41, 5.74) is 0.475. The molecule has 0 radical (unpaired) electrons. The summed E-state index contributed by atoms with van der Waals surface area (Å²) in [5, 5.41) is 16.5. The van der Waals surface area contributed by atoms with Gasteiger partial charge in [-0.25, -0.2) is 0 Å². The minimum absolute atomic E-state index is 0.248. The largest absolute Gasteiger partial charge is 0.433 e. The van der Waals surface area contributed by atoms with E-state index in [-0.39, 0.29) is 16.0 Å². The van der Waals surface area contributed by atoms with E-state index in [1.807, 2.05) is 0 Å². The quantitative estimate of drug-likeness (QED) is 0.201. The van der Waals surface area contributed by atoms with E-state index < -0.39 is 10.8 Å². The molecule has 1 aliphatic rings. The van der Waals surface area contributed by atoms with Crippen LogP contribution < -0.4 is 0 Å². The van der Waals surface area contributed by atoms with Gasteiger partial charge in [0.25, 0.3) is 5.91 Å². The number of hydrogen-bond acceptors (Lipinski definition) is 7. The first-order valence-corrected chi connectivity index (χ1v) is 9.51. The third-order valence-corrected chi connectivity index (χ3v) is 5.34. The van der Waals surface area contributed by atoms with E-state index in [1.54, 1.807) is 18.2 Å². The summed E-state index contributed by atoms with van der Waals surface area (Å²) in [7, 11) is 0. The van der Waals surface area contributed by atoms with E-state index in [0.29, 0.717) is 20.5 Å². The van der Waals surface area contributed by atoms with Crippen molar-refractivity contribution in [1.29, 1.82) is 0 Å². The molecule has 1 aliphatic heterocycles. The maximum atomic E-state index is 12.5. The van der Waals surface area contributed by atoms with Crippen LogP contribution in [0, 0.1) is 10.1 Å². The maximum absolute atomic E-state index is 12.5. The van der Waals surface area contributed by atoms with Crippen LogP contribution in [-0.4, -0.2) is 26.4 Å². The zero-order chi connectivity index (χ0) is 20.3. The number of rotatable bonds is 5. The van der Waals surface area contributed by atoms with Gasteiger partial charge in [-0.2, -0.15) is 10.1 Å². The fourth-order valence-corrected chi connectivity index (χ4v) is 3.70. The Labute approximate surface area is 178 Å². The van der Waals surface area contributed by atoms with Crippen molar-refractivity contribution >= 4 is 75.6 Å². The predicted molar refractivity (Wildman–Crippen MR) is 114 cm³/mol. The van der Waals surface area contributed by atoms with Crippen molar-refractivity contribution in [3.05, 3.63) is 78.9 Å². The zero-order valence-electron chi connectivity index (χ0n) is 13.7. The number of halogens is 2. The standard InChI is InChI=1S/C17H9Cl2N3O4S2/c18-12-4-2-5-13(19)11(12)9-20-21-16(23)14(28-17(21)27)6-1-3-10-7-8-15(26-10)22(24)25/h1-9H/b3-1+,14-6+,20-9+. The molecule has 0 aliphatic carbocycles. The first-order chi connectivity index (χ1) is 13.4. The number of nitrogens with zero attached hydrogens (tertiary/aromatic N) is 3. The van der Waals surface area contributed by atoms with Gasteiger partial charge in [0.15, 0.2) is 4.32 Å². The van der Waals surface area contributed by atoms with Gasteiger partial charge in [0.05, 0.1) is 27.2 Å². The summed E-state index contributed by atoms with van der Waals surface area (Å²) in [4.78, 5) is 22.8. The topological polar surface area (TPSA) is 88.9 Å². The number of allylic oxidation sites excluding steroid dienone is 2. The molecular weight excluding hydrogens is 445 g/mol. The number of carbonyl (C=O) groups is 1. The van der Waals surface area contributed by atoms with Crippen LogP contribution in [0.15, 0.2) is 56.9 Å². The normalized spacial score (nSPS) is 16.2. The van der Waals surface area contributed by atoms with E-state index in [0.717, 1.165) is 16.8 Å². The Morgan fingerprint density at radius 2 is 1.96 bits per heavy atom. The number of thiocarbonyl (C=S) groups is 1. The molecular formula is C17H9Cl2N3O4S2. The minimum atomic E-state index is -0.633. The van der Waals surface area contributed by atoms with Gasteiger partial charge in [0.2, 0.25) is 0 Å². The first kappa shape index (κ1) is 20.3. The van der Waals surface area contributed by atoms with Gasteiger partial charge < -0.3 is 4.42 Å². The summed E-state index contributed by atoms with van der Waals surface area (Å²) in [6.07, 6.45) is 5.91. The van der Waals surface area contributed by atoms with Gasteiger partial charge in [0, 0.05) is 5.56 Å². The van der Waals surface area contributed by atoms with Gasteiger partial charge in [-0.3, -0.25) is 14.9 Å². The zero-order valence-corrected chi connectivity index (χ0v) is 16.9. The summed E-state index contributed by atoms with van der Waals surface area (Å²) < 4.78 is 5.25. The molecule has 3 rings (SSSR count). The van der Waals surface area contributed by atoms with Crippen LogP contribution in [-0.2, 0) is 4.79 Å². The molecule has 0 unspecified atom stereocenters. The first-order valence-electron chi connectivity index (χ1n) is 7.53. The molecule has 1 fully saturated rings. The smallest absolute Gasteiger partial charge is 0.401 e. The average molecular weight is 454 g/mol. The lowest BCUT2D eigenvalue weighted by Crippen LogP contribution is -2.22. The van der Waals surface area contributed by atoms with Crippen LogP contribution in [0.3, 0.4) is 0 Å². The SMILES string of the molecule is O=C1/C(=C\C=C\c2ccc([N+](=O)[O-])o2)SC(=S)N1/N=C/c1c(Cl)cccc1Cl. The fraction of sp³-hybridized carbons (Fsp3) is 0. The third-order valence-electron chi connectivity index (χ3n) is 3.38. The number of benzene rings is 1. The lowest BCUT2D eigenvalue weighted by Gasteiger charge is -2.07. The molecule has 0 atom stereocenters. The number of hydrogen-bond donors (Lipinski definition) is 0. The van der Waals surface area contributed by atoms with E-state index in [9.17, 15) is 14.9 Å². The Balaban J connectivity index is 1.73. The molecule has 11 heteroatoms. The second kappa shape index (κ2) is 8.70. The maximum Gasteiger partial charge on any atom is 0.433 e. The molecule has 1 saturated heterocycles. The molecule has 0 bridgehead atoms. The van der Waals surface area contributed by atoms with E-state index in [2.05, 4.69) is 5.10 Å². The van der Waals surface area contributed by atoms with Crippen molar-refractivity contribution in [2.75, 3.05) is 0 Å². The highest BCUT2D eigenvalue weighted by atomic mass is 35.5. The third kappa shape index (κ3) is 4.50. The molecule has 2 heterocycles. The molecule has 1 aromatic heterocycles. The molecule has 7 nitrogen and oxygen atoms in total. The highest BCUT2D eigenvalue weighted by Gasteiger charge is 2.31. The second-order valence-corrected chi connectivity index (χ2v) is 7.68. The Morgan fingerprint density at radius 3 is 2.61 bits per heavy atom. The average Bonchev–Trinajstić information content (AvgIpc) is 3.21. The summed E-state index contributed by atoms with van der Waals surface area (Å²) in [6.45, 7) is 0. The summed E-state index contributed by atoms with van der Waals surface area (Å²) >= 11 is 18.4. The molecule has 1 amide bonds. The molecule has 0 N–H and O–H groups in total. The van der Waals surface area contributed by atoms with Gasteiger partial charge in [-0.15, -0.1) is 0 Å². The molecule has 2 aromatic rings. The van der Waals surface area contributed by atoms with Gasteiger partial charge in [-0.1, -0.05) is 47.1 Å². The number of carbonyl (C=O) groups excluding carboxylic acids is 1. The van der Waals surface area contributed by atoms with Gasteiger partial charge in [-0.05, 0) is 42.6 Å². The van der Waals surface area contributed by atoms with Crippen LogP contribution in [0.5, 0.6) is 0 Å². The summed E-state index contributed by atoms with van der Waals surface area (Å²) in [5.74, 6) is -0.493. The number of furan rings is 1. The number of amides is 1. The van der Waals surface area contributed by atoms with Crippen molar-refractivity contribution < 1.29 is 14.1 Å². The highest BCUT2D eigenvalue weighted by molar-refractivity contribution is 8.26. The Kier molecular flexibility index (Phi) is 6.30. The Bertz CT molecular complexity index is 1040. The van der Waals surface area contributed by atoms with Crippen molar-refractivity contribution in [2.45, 2.75) is 0 Å². The van der Waals surface area contributed by atoms with E-state index in [1.165, 1.54) is 36.6 Å². The van der Waals surface area contributed by atoms with Crippen LogP contribution in [0.25, 0.3) is 6.08 Å². The second-order valence-electron chi connectivity index (χ2n) is 5.19. The lowest BCUT2D eigenvalue weighted by atomic mass is 10.2. The molecule has 1 aromatic carbocycles. The van der Waals surface area contributed by atoms with Crippen LogP contribution >= 0.6 is 47.2 Å². The molecule has 142 valence electrons. The van der Waals surface area contributed by atoms with Crippen LogP contribution in [0.4, 0.5) is 5.88 Å². The van der Waals surface area contributed by atoms with Crippen molar-refractivity contribution in [1.82, 2.24) is 5.01 Å². The molecule has 0 spiro atoms. The van der Waals surface area contributed by atoms with Crippen LogP contribution in [0.2, 0.25) is 10.0 Å². The van der Waals surface area contributed by atoms with Crippen molar-refractivity contribution in [3.8, 4) is 0 Å². The Morgan fingerprint density at radius 1 is 1.25 bits per heavy atom. The van der Waals surface area contributed by atoms with E-state index >= 15 is 0 Å². The minimum Gasteiger partial charge on any atom is -0.401 e. The van der Waals surface area contributed by atoms with E-state index in [4.69, 9.17) is 39.8 Å². The number of thioether (sulfide) groups is 1. The van der Waals surface area contributed by atoms with Gasteiger partial charge in [0.1, 0.15) is 10.7 Å². The number of hydrazone groups is 1. The fourth-order valence-electron chi connectivity index (χ4n) is 2.08. The van der Waals surface area contributed by atoms with Gasteiger partial charge >= 0.3 is 5.88 Å². The lowest BCUT2D eigenvalue weighted by molar-refractivity contribution is -0.402. The summed E-state index contributed by atoms with van der Waals surface area (Å²) in [6, 6.07) is 7.70. The van der Waals surface area contributed by atoms with Crippen molar-refractivity contribution in [2.24, 2.45) is 5.10 Å². The monoisotopic (exact) mass is 453 g/mol. The van der Waals surface area contributed by atoms with Crippen molar-refractivity contribution in [3.63, 3.8) is 0 Å². The van der Waals surface area contributed by atoms with Crippen LogP contribution in [0.1, 0.15) is 11.3 Å². The molecule has 0 saturated carbocycles. The Hall–Kier alpha value is -2.46. The highest BCUT2D eigenvalue weighted by Crippen LogP contribution is 2.32. The predicted octanol–water partition coefficient (Wildman–Crippen LogP) is 5.29. The number of nitro groups is 1.